The van der Waals surface area contributed by atoms with Gasteiger partial charge in [0.05, 0.1) is 0 Å². The van der Waals surface area contributed by atoms with Gasteiger partial charge in [0.15, 0.2) is 0 Å². The monoisotopic (exact) mass is 300 g/mol. The summed E-state index contributed by atoms with van der Waals surface area (Å²) < 4.78 is 0. The van der Waals surface area contributed by atoms with Gasteiger partial charge in [-0.25, -0.2) is 0 Å². The molecule has 0 aromatic carbocycles. The highest BCUT2D eigenvalue weighted by atomic mass is 15.1. The molecule has 0 atom stereocenters. The first-order chi connectivity index (χ1) is 10.1. The van der Waals surface area contributed by atoms with Gasteiger partial charge >= 0.3 is 0 Å². The molecule has 128 valence electrons. The van der Waals surface area contributed by atoms with Crippen molar-refractivity contribution in [2.45, 2.75) is 59.4 Å². The molecular weight excluding hydrogens is 260 g/mol. The highest BCUT2D eigenvalue weighted by Crippen LogP contribution is 2.00. The van der Waals surface area contributed by atoms with E-state index in [4.69, 9.17) is 5.73 Å². The van der Waals surface area contributed by atoms with Crippen molar-refractivity contribution in [3.8, 4) is 0 Å². The first kappa shape index (κ1) is 20.8. The molecule has 0 bridgehead atoms. The second-order valence-electron chi connectivity index (χ2n) is 6.18. The van der Waals surface area contributed by atoms with Gasteiger partial charge < -0.3 is 20.9 Å². The van der Waals surface area contributed by atoms with Crippen LogP contribution in [0.2, 0.25) is 0 Å². The van der Waals surface area contributed by atoms with Crippen molar-refractivity contribution >= 4 is 0 Å². The zero-order valence-corrected chi connectivity index (χ0v) is 15.0. The quantitative estimate of drug-likeness (QED) is 0.455. The molecule has 0 amide bonds. The van der Waals surface area contributed by atoms with Crippen molar-refractivity contribution in [1.82, 2.24) is 15.1 Å². The molecule has 0 radical (unpaired) electrons. The van der Waals surface area contributed by atoms with Gasteiger partial charge in [-0.05, 0) is 78.0 Å². The van der Waals surface area contributed by atoms with Gasteiger partial charge in [-0.15, -0.1) is 0 Å². The van der Waals surface area contributed by atoms with Crippen LogP contribution in [0.5, 0.6) is 0 Å². The van der Waals surface area contributed by atoms with E-state index in [1.807, 2.05) is 0 Å². The smallest absolute Gasteiger partial charge is 0.00103 e. The first-order valence-electron chi connectivity index (χ1n) is 9.02. The molecule has 21 heavy (non-hydrogen) atoms. The molecule has 0 aliphatic carbocycles. The molecule has 0 aromatic rings. The number of nitrogens with zero attached hydrogens (tertiary/aromatic N) is 2. The molecule has 0 rings (SSSR count). The first-order valence-corrected chi connectivity index (χ1v) is 9.02. The van der Waals surface area contributed by atoms with Crippen LogP contribution in [-0.4, -0.2) is 68.2 Å². The molecule has 0 spiro atoms. The van der Waals surface area contributed by atoms with Gasteiger partial charge in [0.25, 0.3) is 0 Å². The minimum absolute atomic E-state index is 0.605. The minimum atomic E-state index is 0.605. The Morgan fingerprint density at radius 2 is 1.29 bits per heavy atom. The van der Waals surface area contributed by atoms with Crippen LogP contribution in [0.4, 0.5) is 0 Å². The summed E-state index contributed by atoms with van der Waals surface area (Å²) in [5, 5.41) is 3.49. The van der Waals surface area contributed by atoms with Crippen molar-refractivity contribution in [2.75, 3.05) is 52.4 Å². The fourth-order valence-electron chi connectivity index (χ4n) is 2.54. The average Bonchev–Trinajstić information content (AvgIpc) is 2.48. The van der Waals surface area contributed by atoms with Crippen molar-refractivity contribution < 1.29 is 0 Å². The zero-order valence-electron chi connectivity index (χ0n) is 15.0. The van der Waals surface area contributed by atoms with Crippen molar-refractivity contribution in [2.24, 2.45) is 5.73 Å². The summed E-state index contributed by atoms with van der Waals surface area (Å²) in [4.78, 5) is 5.11. The molecule has 0 aliphatic rings. The van der Waals surface area contributed by atoms with E-state index in [0.29, 0.717) is 6.04 Å². The Morgan fingerprint density at radius 3 is 1.71 bits per heavy atom. The summed E-state index contributed by atoms with van der Waals surface area (Å²) in [7, 11) is 0. The lowest BCUT2D eigenvalue weighted by Crippen LogP contribution is -2.31. The van der Waals surface area contributed by atoms with E-state index in [0.717, 1.165) is 32.6 Å². The van der Waals surface area contributed by atoms with Gasteiger partial charge in [0.1, 0.15) is 0 Å². The molecule has 0 heterocycles. The van der Waals surface area contributed by atoms with Crippen LogP contribution < -0.4 is 11.1 Å². The number of rotatable bonds is 15. The van der Waals surface area contributed by atoms with Crippen LogP contribution in [0.3, 0.4) is 0 Å². The van der Waals surface area contributed by atoms with Crippen LogP contribution in [0.15, 0.2) is 0 Å². The Balaban J connectivity index is 3.61. The van der Waals surface area contributed by atoms with E-state index in [1.54, 1.807) is 0 Å². The Morgan fingerprint density at radius 1 is 0.810 bits per heavy atom. The molecule has 0 saturated heterocycles. The molecular formula is C17H40N4. The Labute approximate surface area is 133 Å². The zero-order chi connectivity index (χ0) is 15.9. The summed E-state index contributed by atoms with van der Waals surface area (Å²) >= 11 is 0. The lowest BCUT2D eigenvalue weighted by molar-refractivity contribution is 0.249. The Bertz CT molecular complexity index is 209. The van der Waals surface area contributed by atoms with Crippen LogP contribution in [0, 0.1) is 0 Å². The lowest BCUT2D eigenvalue weighted by atomic mass is 10.2. The third-order valence-electron chi connectivity index (χ3n) is 3.98. The molecule has 0 aromatic heterocycles. The van der Waals surface area contributed by atoms with Crippen molar-refractivity contribution in [3.05, 3.63) is 0 Å². The van der Waals surface area contributed by atoms with Crippen LogP contribution >= 0.6 is 0 Å². The standard InChI is InChI=1S/C17H40N4/c1-5-20(15-9-11-18)13-7-8-14-21(6-2)16-10-12-19-17(3)4/h17,19H,5-16,18H2,1-4H3. The third-order valence-corrected chi connectivity index (χ3v) is 3.98. The maximum Gasteiger partial charge on any atom is 0.00103 e. The molecule has 4 nitrogen and oxygen atoms in total. The van der Waals surface area contributed by atoms with Gasteiger partial charge in [0.2, 0.25) is 0 Å². The summed E-state index contributed by atoms with van der Waals surface area (Å²) in [6, 6.07) is 0.605. The number of hydrogen-bond acceptors (Lipinski definition) is 4. The van der Waals surface area contributed by atoms with E-state index < -0.39 is 0 Å². The molecule has 3 N–H and O–H groups in total. The van der Waals surface area contributed by atoms with Crippen molar-refractivity contribution in [3.63, 3.8) is 0 Å². The SMILES string of the molecule is CCN(CCCN)CCCCN(CC)CCCNC(C)C. The summed E-state index contributed by atoms with van der Waals surface area (Å²) in [6.45, 7) is 18.1. The fraction of sp³-hybridized carbons (Fsp3) is 1.00. The highest BCUT2D eigenvalue weighted by molar-refractivity contribution is 4.61. The van der Waals surface area contributed by atoms with Crippen LogP contribution in [0.25, 0.3) is 0 Å². The molecule has 0 aliphatic heterocycles. The predicted octanol–water partition coefficient (Wildman–Crippen LogP) is 2.15. The molecule has 0 unspecified atom stereocenters. The topological polar surface area (TPSA) is 44.5 Å². The molecule has 0 fully saturated rings. The van der Waals surface area contributed by atoms with Crippen LogP contribution in [-0.2, 0) is 0 Å². The van der Waals surface area contributed by atoms with E-state index >= 15 is 0 Å². The van der Waals surface area contributed by atoms with Gasteiger partial charge in [-0.1, -0.05) is 27.7 Å². The summed E-state index contributed by atoms with van der Waals surface area (Å²) in [6.07, 6.45) is 4.99. The van der Waals surface area contributed by atoms with Gasteiger partial charge in [-0.3, -0.25) is 0 Å². The second-order valence-corrected chi connectivity index (χ2v) is 6.18. The Hall–Kier alpha value is -0.160. The number of nitrogens with two attached hydrogens (primary N) is 1. The second kappa shape index (κ2) is 14.8. The maximum absolute atomic E-state index is 5.58. The lowest BCUT2D eigenvalue weighted by Gasteiger charge is -2.23. The normalized spacial score (nSPS) is 12.0. The number of nitrogens with one attached hydrogen (secondary N) is 1. The molecule has 4 heteroatoms. The average molecular weight is 301 g/mol. The van der Waals surface area contributed by atoms with Gasteiger partial charge in [0, 0.05) is 6.04 Å². The number of unbranched alkanes of at least 4 members (excludes halogenated alkanes) is 1. The Kier molecular flexibility index (Phi) is 14.7. The van der Waals surface area contributed by atoms with E-state index in [9.17, 15) is 0 Å². The summed E-state index contributed by atoms with van der Waals surface area (Å²) in [5.74, 6) is 0. The maximum atomic E-state index is 5.58. The third kappa shape index (κ3) is 13.2. The largest absolute Gasteiger partial charge is 0.330 e. The van der Waals surface area contributed by atoms with Crippen molar-refractivity contribution in [1.29, 1.82) is 0 Å². The highest BCUT2D eigenvalue weighted by Gasteiger charge is 2.04. The molecule has 0 saturated carbocycles. The summed E-state index contributed by atoms with van der Waals surface area (Å²) in [5.41, 5.74) is 5.58. The predicted molar refractivity (Wildman–Crippen MR) is 94.9 cm³/mol. The number of hydrogen-bond donors (Lipinski definition) is 2. The fourth-order valence-corrected chi connectivity index (χ4v) is 2.54. The van der Waals surface area contributed by atoms with E-state index in [2.05, 4.69) is 42.8 Å². The van der Waals surface area contributed by atoms with Gasteiger partial charge in [-0.2, -0.15) is 0 Å². The van der Waals surface area contributed by atoms with E-state index in [-0.39, 0.29) is 0 Å². The van der Waals surface area contributed by atoms with E-state index in [1.165, 1.54) is 45.4 Å². The minimum Gasteiger partial charge on any atom is -0.330 e. The van der Waals surface area contributed by atoms with Crippen LogP contribution in [0.1, 0.15) is 53.4 Å².